The van der Waals surface area contributed by atoms with Gasteiger partial charge in [0.15, 0.2) is 12.4 Å². The summed E-state index contributed by atoms with van der Waals surface area (Å²) in [5.41, 5.74) is 0. The van der Waals surface area contributed by atoms with Gasteiger partial charge in [0.25, 0.3) is 0 Å². The first-order valence-electron chi connectivity index (χ1n) is 19.0. The molecule has 0 radical (unpaired) electrons. The summed E-state index contributed by atoms with van der Waals surface area (Å²) < 4.78 is 26.6. The van der Waals surface area contributed by atoms with Gasteiger partial charge in [-0.2, -0.15) is 0 Å². The molecule has 0 bridgehead atoms. The molecule has 0 aromatic heterocycles. The molecule has 0 aromatic carbocycles. The van der Waals surface area contributed by atoms with Gasteiger partial charge in [0.2, 0.25) is 3.79 Å². The summed E-state index contributed by atoms with van der Waals surface area (Å²) in [6.07, 6.45) is 8.39. The van der Waals surface area contributed by atoms with Gasteiger partial charge in [0, 0.05) is 21.1 Å². The third kappa shape index (κ3) is 23.5. The molecule has 1 aliphatic rings. The smallest absolute Gasteiger partial charge is 0.407 e. The number of halogens is 3. The largest absolute Gasteiger partial charge is 0.462 e. The second-order valence-electron chi connectivity index (χ2n) is 14.8. The Hall–Kier alpha value is -0.863. The van der Waals surface area contributed by atoms with Gasteiger partial charge in [-0.05, 0) is 25.3 Å². The molecule has 0 aliphatic carbocycles. The Morgan fingerprint density at radius 3 is 1.98 bits per heavy atom. The molecule has 1 amide bonds. The summed E-state index contributed by atoms with van der Waals surface area (Å²) in [4.78, 5) is 39.1. The molecule has 15 heteroatoms. The van der Waals surface area contributed by atoms with Crippen LogP contribution in [0.2, 0.25) is 25.7 Å². The predicted molar refractivity (Wildman–Crippen MR) is 204 cm³/mol. The lowest BCUT2D eigenvalue weighted by Crippen LogP contribution is -2.66. The number of ether oxygens (including phenoxy) is 5. The topological polar surface area (TPSA) is 150 Å². The van der Waals surface area contributed by atoms with Crippen LogP contribution < -0.4 is 5.32 Å². The van der Waals surface area contributed by atoms with Gasteiger partial charge >= 0.3 is 18.0 Å². The molecule has 1 rings (SSSR count). The summed E-state index contributed by atoms with van der Waals surface area (Å²) in [5, 5.41) is 23.7. The third-order valence-corrected chi connectivity index (χ3v) is 10.7. The molecule has 11 nitrogen and oxygen atoms in total. The summed E-state index contributed by atoms with van der Waals surface area (Å²) in [6.45, 7) is 9.90. The van der Waals surface area contributed by atoms with E-state index in [1.807, 2.05) is 0 Å². The number of carbonyl (C=O) groups excluding carboxylic acids is 3. The molecule has 3 N–H and O–H groups in total. The Bertz CT molecular complexity index is 969. The summed E-state index contributed by atoms with van der Waals surface area (Å²) in [5.74, 6) is -1.12. The average Bonchev–Trinajstić information content (AvgIpc) is 3.04. The Kier molecular flexibility index (Phi) is 25.3. The molecule has 1 heterocycles. The van der Waals surface area contributed by atoms with Crippen LogP contribution in [0.3, 0.4) is 0 Å². The Balaban J connectivity index is 3.06. The Labute approximate surface area is 322 Å². The van der Waals surface area contributed by atoms with Crippen molar-refractivity contribution >= 4 is 60.9 Å². The van der Waals surface area contributed by atoms with E-state index in [2.05, 4.69) is 38.8 Å². The Morgan fingerprint density at radius 1 is 0.863 bits per heavy atom. The monoisotopic (exact) mass is 805 g/mol. The Morgan fingerprint density at radius 2 is 1.43 bits per heavy atom. The number of esters is 2. The van der Waals surface area contributed by atoms with E-state index in [1.165, 1.54) is 32.1 Å². The van der Waals surface area contributed by atoms with Crippen LogP contribution in [-0.4, -0.2) is 96.7 Å². The number of aliphatic hydroxyl groups excluding tert-OH is 2. The van der Waals surface area contributed by atoms with Crippen molar-refractivity contribution in [2.24, 2.45) is 0 Å². The molecule has 1 saturated heterocycles. The van der Waals surface area contributed by atoms with Gasteiger partial charge in [0.1, 0.15) is 31.0 Å². The standard InChI is InChI=1S/C36H66Cl3NO10Si/c1-6-8-10-12-13-14-15-17-18-20-27(48-29(42)21-19-16-11-9-7-2)24-30(43)50-33-31(40-35(45)47-26-36(37,38)39)34(46-22-23-51(3,4)5)49-28(25-41)32(33)44/h27-28,31-34,41,44H,6-26H2,1-5H3,(H,40,45)/t27-,28-,31-,32-,33-,34-/m1/s1. The van der Waals surface area contributed by atoms with Crippen LogP contribution >= 0.6 is 34.8 Å². The zero-order chi connectivity index (χ0) is 38.3. The maximum atomic E-state index is 13.5. The lowest BCUT2D eigenvalue weighted by atomic mass is 9.96. The number of amides is 1. The minimum Gasteiger partial charge on any atom is -0.462 e. The first-order valence-corrected chi connectivity index (χ1v) is 23.9. The van der Waals surface area contributed by atoms with Gasteiger partial charge in [0.05, 0.1) is 13.0 Å². The second kappa shape index (κ2) is 26.8. The van der Waals surface area contributed by atoms with E-state index < -0.39 is 73.9 Å². The van der Waals surface area contributed by atoms with Crippen molar-refractivity contribution in [1.29, 1.82) is 0 Å². The maximum Gasteiger partial charge on any atom is 0.407 e. The highest BCUT2D eigenvalue weighted by molar-refractivity contribution is 6.76. The quantitative estimate of drug-likeness (QED) is 0.0243. The SMILES string of the molecule is CCCCCCCCCCC[C@H](CC(=O)O[C@H]1[C@H](O)[C@@H](CO)O[C@@H](OCC[Si](C)(C)C)[C@@H]1NC(=O)OCC(Cl)(Cl)Cl)OC(=O)CCCCCCC. The maximum absolute atomic E-state index is 13.5. The highest BCUT2D eigenvalue weighted by Crippen LogP contribution is 2.28. The summed E-state index contributed by atoms with van der Waals surface area (Å²) in [6, 6.07) is -0.504. The fourth-order valence-electron chi connectivity index (χ4n) is 5.70. The fraction of sp³-hybridized carbons (Fsp3) is 0.917. The van der Waals surface area contributed by atoms with Gasteiger partial charge in [-0.25, -0.2) is 4.79 Å². The van der Waals surface area contributed by atoms with Crippen LogP contribution in [0, 0.1) is 0 Å². The number of hydrogen-bond donors (Lipinski definition) is 3. The number of carbonyl (C=O) groups is 3. The minimum absolute atomic E-state index is 0.252. The molecule has 51 heavy (non-hydrogen) atoms. The molecule has 6 atom stereocenters. The van der Waals surface area contributed by atoms with Crippen LogP contribution in [-0.2, 0) is 33.3 Å². The predicted octanol–water partition coefficient (Wildman–Crippen LogP) is 8.38. The van der Waals surface area contributed by atoms with Gasteiger partial charge < -0.3 is 39.2 Å². The summed E-state index contributed by atoms with van der Waals surface area (Å²) in [7, 11) is -1.55. The second-order valence-corrected chi connectivity index (χ2v) is 22.9. The van der Waals surface area contributed by atoms with Crippen LogP contribution in [0.1, 0.15) is 123 Å². The van der Waals surface area contributed by atoms with E-state index in [-0.39, 0.29) is 25.4 Å². The minimum atomic E-state index is -1.88. The number of hydrogen-bond acceptors (Lipinski definition) is 10. The van der Waals surface area contributed by atoms with Crippen molar-refractivity contribution in [3.05, 3.63) is 0 Å². The zero-order valence-corrected chi connectivity index (χ0v) is 34.9. The van der Waals surface area contributed by atoms with E-state index in [9.17, 15) is 24.6 Å². The van der Waals surface area contributed by atoms with Gasteiger partial charge in [-0.15, -0.1) is 0 Å². The van der Waals surface area contributed by atoms with Gasteiger partial charge in [-0.1, -0.05) is 145 Å². The number of nitrogens with one attached hydrogen (secondary N) is 1. The highest BCUT2D eigenvalue weighted by atomic mass is 35.6. The molecular weight excluding hydrogens is 741 g/mol. The van der Waals surface area contributed by atoms with Crippen molar-refractivity contribution in [2.75, 3.05) is 19.8 Å². The number of alkyl carbamates (subject to hydrolysis) is 1. The normalized spacial score (nSPS) is 21.6. The van der Waals surface area contributed by atoms with Crippen LogP contribution in [0.15, 0.2) is 0 Å². The van der Waals surface area contributed by atoms with Crippen molar-refractivity contribution in [2.45, 2.75) is 189 Å². The lowest BCUT2D eigenvalue weighted by molar-refractivity contribution is -0.272. The molecule has 0 saturated carbocycles. The van der Waals surface area contributed by atoms with Crippen LogP contribution in [0.25, 0.3) is 0 Å². The van der Waals surface area contributed by atoms with Gasteiger partial charge in [-0.3, -0.25) is 9.59 Å². The molecule has 0 aromatic rings. The van der Waals surface area contributed by atoms with Crippen LogP contribution in [0.4, 0.5) is 4.79 Å². The van der Waals surface area contributed by atoms with Crippen molar-refractivity contribution in [3.8, 4) is 0 Å². The fourth-order valence-corrected chi connectivity index (χ4v) is 6.59. The first-order chi connectivity index (χ1) is 24.1. The number of alkyl halides is 3. The molecule has 1 aliphatic heterocycles. The molecule has 0 unspecified atom stereocenters. The van der Waals surface area contributed by atoms with E-state index in [0.717, 1.165) is 57.4 Å². The van der Waals surface area contributed by atoms with Crippen molar-refractivity contribution < 1.29 is 48.3 Å². The molecule has 0 spiro atoms. The number of unbranched alkanes of at least 4 members (excludes halogenated alkanes) is 12. The summed E-state index contributed by atoms with van der Waals surface area (Å²) >= 11 is 17.2. The molecular formula is C36H66Cl3NO10Si. The van der Waals surface area contributed by atoms with Crippen molar-refractivity contribution in [1.82, 2.24) is 5.32 Å². The number of rotatable bonds is 27. The third-order valence-electron chi connectivity index (χ3n) is 8.71. The van der Waals surface area contributed by atoms with E-state index in [1.54, 1.807) is 0 Å². The van der Waals surface area contributed by atoms with E-state index >= 15 is 0 Å². The van der Waals surface area contributed by atoms with E-state index in [0.29, 0.717) is 12.8 Å². The number of aliphatic hydroxyl groups is 2. The molecule has 300 valence electrons. The highest BCUT2D eigenvalue weighted by Gasteiger charge is 2.49. The zero-order valence-electron chi connectivity index (χ0n) is 31.6. The average molecular weight is 807 g/mol. The molecule has 1 fully saturated rings. The van der Waals surface area contributed by atoms with Crippen molar-refractivity contribution in [3.63, 3.8) is 0 Å². The van der Waals surface area contributed by atoms with Crippen LogP contribution in [0.5, 0.6) is 0 Å². The van der Waals surface area contributed by atoms with E-state index in [4.69, 9.17) is 58.5 Å². The lowest BCUT2D eigenvalue weighted by Gasteiger charge is -2.43. The first kappa shape index (κ1) is 48.2.